The normalized spacial score (nSPS) is 26.6. The molecule has 1 aliphatic carbocycles. The van der Waals surface area contributed by atoms with E-state index in [0.29, 0.717) is 5.92 Å². The van der Waals surface area contributed by atoms with Gasteiger partial charge in [-0.05, 0) is 37.5 Å². The Bertz CT molecular complexity index is 527. The minimum absolute atomic E-state index is 0.590. The van der Waals surface area contributed by atoms with Crippen LogP contribution in [0.2, 0.25) is 0 Å². The van der Waals surface area contributed by atoms with Crippen LogP contribution in [0.5, 0.6) is 0 Å². The third-order valence-corrected chi connectivity index (χ3v) is 5.42. The predicted molar refractivity (Wildman–Crippen MR) is 84.4 cm³/mol. The van der Waals surface area contributed by atoms with Crippen molar-refractivity contribution in [3.05, 3.63) is 21.7 Å². The lowest BCUT2D eigenvalue weighted by atomic mass is 9.76. The Hall–Kier alpha value is -0.740. The number of nitrogens with one attached hydrogen (secondary N) is 2. The summed E-state index contributed by atoms with van der Waals surface area (Å²) in [7, 11) is 0. The fourth-order valence-electron chi connectivity index (χ4n) is 3.64. The zero-order valence-electron chi connectivity index (χ0n) is 12.5. The van der Waals surface area contributed by atoms with E-state index in [1.165, 1.54) is 36.9 Å². The van der Waals surface area contributed by atoms with Crippen LogP contribution in [0.15, 0.2) is 0 Å². The van der Waals surface area contributed by atoms with Crippen LogP contribution in [-0.2, 0) is 13.0 Å². The zero-order chi connectivity index (χ0) is 14.1. The van der Waals surface area contributed by atoms with Gasteiger partial charge in [-0.3, -0.25) is 0 Å². The van der Waals surface area contributed by atoms with Gasteiger partial charge in [-0.15, -0.1) is 0 Å². The van der Waals surface area contributed by atoms with Crippen LogP contribution in [0.4, 0.5) is 0 Å². The average molecular weight is 291 g/mol. The fourth-order valence-corrected chi connectivity index (χ4v) is 3.93. The minimum atomic E-state index is 0.590. The molecule has 0 amide bonds. The molecule has 0 spiro atoms. The molecule has 0 bridgehead atoms. The average Bonchev–Trinajstić information content (AvgIpc) is 2.47. The van der Waals surface area contributed by atoms with Crippen LogP contribution < -0.4 is 5.32 Å². The largest absolute Gasteiger partial charge is 0.347 e. The van der Waals surface area contributed by atoms with Crippen molar-refractivity contribution >= 4 is 12.2 Å². The lowest BCUT2D eigenvalue weighted by molar-refractivity contribution is 0.254. The Labute approximate surface area is 126 Å². The van der Waals surface area contributed by atoms with Crippen LogP contribution in [0, 0.1) is 16.5 Å². The third kappa shape index (κ3) is 2.82. The van der Waals surface area contributed by atoms with Crippen molar-refractivity contribution in [2.75, 3.05) is 6.54 Å². The van der Waals surface area contributed by atoms with E-state index in [2.05, 4.69) is 24.1 Å². The van der Waals surface area contributed by atoms with E-state index in [0.717, 1.165) is 41.8 Å². The lowest BCUT2D eigenvalue weighted by Gasteiger charge is -2.31. The van der Waals surface area contributed by atoms with Crippen LogP contribution >= 0.6 is 12.2 Å². The van der Waals surface area contributed by atoms with E-state index < -0.39 is 0 Å². The van der Waals surface area contributed by atoms with Gasteiger partial charge in [0.05, 0.1) is 0 Å². The molecule has 2 heterocycles. The second kappa shape index (κ2) is 5.94. The highest BCUT2D eigenvalue weighted by Crippen LogP contribution is 2.37. The highest BCUT2D eigenvalue weighted by molar-refractivity contribution is 7.71. The van der Waals surface area contributed by atoms with Crippen LogP contribution in [0.25, 0.3) is 0 Å². The molecule has 1 saturated carbocycles. The molecule has 1 aliphatic heterocycles. The fraction of sp³-hybridized carbons (Fsp3) is 0.750. The molecular weight excluding hydrogens is 266 g/mol. The Kier molecular flexibility index (Phi) is 4.22. The number of fused-ring (bicyclic) bond motifs is 1. The standard InChI is InChI=1S/C16H25N3S/c1-10(2)11-3-5-12(6-4-11)15-18-14-7-8-17-9-13(14)16(20)19-15/h10-12,17H,3-9H2,1-2H3,(H,18,19,20). The lowest BCUT2D eigenvalue weighted by Crippen LogP contribution is -2.27. The van der Waals surface area contributed by atoms with Crippen molar-refractivity contribution in [2.24, 2.45) is 11.8 Å². The summed E-state index contributed by atoms with van der Waals surface area (Å²) in [5.41, 5.74) is 2.54. The molecule has 3 rings (SSSR count). The summed E-state index contributed by atoms with van der Waals surface area (Å²) < 4.78 is 0.812. The SMILES string of the molecule is CC(C)C1CCC(c2nc(=S)c3c([nH]2)CCNC3)CC1. The van der Waals surface area contributed by atoms with Crippen molar-refractivity contribution in [3.8, 4) is 0 Å². The summed E-state index contributed by atoms with van der Waals surface area (Å²) >= 11 is 5.49. The smallest absolute Gasteiger partial charge is 0.134 e. The number of H-pyrrole nitrogens is 1. The maximum atomic E-state index is 5.49. The topological polar surface area (TPSA) is 40.7 Å². The number of nitrogens with zero attached hydrogens (tertiary/aromatic N) is 1. The molecule has 0 aromatic carbocycles. The highest BCUT2D eigenvalue weighted by Gasteiger charge is 2.26. The van der Waals surface area contributed by atoms with Gasteiger partial charge in [0.2, 0.25) is 0 Å². The molecule has 4 heteroatoms. The maximum absolute atomic E-state index is 5.49. The highest BCUT2D eigenvalue weighted by atomic mass is 32.1. The third-order valence-electron chi connectivity index (χ3n) is 5.08. The first-order valence-electron chi connectivity index (χ1n) is 7.98. The molecule has 1 fully saturated rings. The van der Waals surface area contributed by atoms with Gasteiger partial charge >= 0.3 is 0 Å². The molecule has 3 nitrogen and oxygen atoms in total. The Morgan fingerprint density at radius 1 is 1.20 bits per heavy atom. The zero-order valence-corrected chi connectivity index (χ0v) is 13.4. The van der Waals surface area contributed by atoms with Crippen molar-refractivity contribution in [3.63, 3.8) is 0 Å². The number of aromatic amines is 1. The molecule has 20 heavy (non-hydrogen) atoms. The summed E-state index contributed by atoms with van der Waals surface area (Å²) in [6, 6.07) is 0. The number of hydrogen-bond acceptors (Lipinski definition) is 3. The van der Waals surface area contributed by atoms with Crippen molar-refractivity contribution in [1.82, 2.24) is 15.3 Å². The van der Waals surface area contributed by atoms with Gasteiger partial charge in [0.25, 0.3) is 0 Å². The second-order valence-corrected chi connectivity index (χ2v) is 7.05. The van der Waals surface area contributed by atoms with Crippen molar-refractivity contribution in [1.29, 1.82) is 0 Å². The summed E-state index contributed by atoms with van der Waals surface area (Å²) in [6.45, 7) is 6.62. The summed E-state index contributed by atoms with van der Waals surface area (Å²) in [5.74, 6) is 3.46. The number of aromatic nitrogens is 2. The predicted octanol–water partition coefficient (Wildman–Crippen LogP) is 3.71. The minimum Gasteiger partial charge on any atom is -0.347 e. The molecule has 1 aromatic rings. The van der Waals surface area contributed by atoms with Gasteiger partial charge < -0.3 is 10.3 Å². The van der Waals surface area contributed by atoms with Gasteiger partial charge in [0.15, 0.2) is 0 Å². The summed E-state index contributed by atoms with van der Waals surface area (Å²) in [6.07, 6.45) is 6.25. The van der Waals surface area contributed by atoms with Gasteiger partial charge in [0, 0.05) is 36.7 Å². The van der Waals surface area contributed by atoms with Gasteiger partial charge in [-0.1, -0.05) is 26.1 Å². The van der Waals surface area contributed by atoms with E-state index >= 15 is 0 Å². The van der Waals surface area contributed by atoms with Crippen LogP contribution in [0.3, 0.4) is 0 Å². The van der Waals surface area contributed by atoms with E-state index in [1.807, 2.05) is 0 Å². The summed E-state index contributed by atoms with van der Waals surface area (Å²) in [4.78, 5) is 8.30. The van der Waals surface area contributed by atoms with Gasteiger partial charge in [-0.25, -0.2) is 4.98 Å². The monoisotopic (exact) mass is 291 g/mol. The van der Waals surface area contributed by atoms with Crippen molar-refractivity contribution in [2.45, 2.75) is 58.4 Å². The number of rotatable bonds is 2. The van der Waals surface area contributed by atoms with Gasteiger partial charge in [-0.2, -0.15) is 0 Å². The molecule has 2 N–H and O–H groups in total. The molecular formula is C16H25N3S. The number of hydrogen-bond donors (Lipinski definition) is 2. The Morgan fingerprint density at radius 2 is 1.95 bits per heavy atom. The summed E-state index contributed by atoms with van der Waals surface area (Å²) in [5, 5.41) is 3.37. The maximum Gasteiger partial charge on any atom is 0.134 e. The molecule has 0 saturated heterocycles. The Balaban J connectivity index is 1.78. The van der Waals surface area contributed by atoms with E-state index in [1.54, 1.807) is 0 Å². The first-order valence-corrected chi connectivity index (χ1v) is 8.38. The van der Waals surface area contributed by atoms with E-state index in [9.17, 15) is 0 Å². The van der Waals surface area contributed by atoms with Crippen molar-refractivity contribution < 1.29 is 0 Å². The first kappa shape index (κ1) is 14.2. The van der Waals surface area contributed by atoms with Crippen LogP contribution in [-0.4, -0.2) is 16.5 Å². The molecule has 1 aromatic heterocycles. The Morgan fingerprint density at radius 3 is 2.65 bits per heavy atom. The molecule has 2 aliphatic rings. The van der Waals surface area contributed by atoms with E-state index in [-0.39, 0.29) is 0 Å². The van der Waals surface area contributed by atoms with E-state index in [4.69, 9.17) is 17.2 Å². The van der Waals surface area contributed by atoms with Gasteiger partial charge in [0.1, 0.15) is 10.5 Å². The molecule has 0 unspecified atom stereocenters. The molecule has 0 atom stereocenters. The molecule has 110 valence electrons. The molecule has 0 radical (unpaired) electrons. The van der Waals surface area contributed by atoms with Crippen LogP contribution in [0.1, 0.15) is 62.5 Å². The quantitative estimate of drug-likeness (QED) is 0.816. The first-order chi connectivity index (χ1) is 9.65. The second-order valence-electron chi connectivity index (χ2n) is 6.67.